The van der Waals surface area contributed by atoms with Gasteiger partial charge in [-0.05, 0) is 49.9 Å². The average molecular weight is 283 g/mol. The van der Waals surface area contributed by atoms with E-state index in [1.54, 1.807) is 6.07 Å². The van der Waals surface area contributed by atoms with E-state index in [0.29, 0.717) is 19.1 Å². The van der Waals surface area contributed by atoms with Crippen molar-refractivity contribution < 1.29 is 14.2 Å². The van der Waals surface area contributed by atoms with Crippen LogP contribution < -0.4 is 5.32 Å². The van der Waals surface area contributed by atoms with Crippen LogP contribution in [0.15, 0.2) is 18.2 Å². The van der Waals surface area contributed by atoms with Crippen LogP contribution in [-0.2, 0) is 4.74 Å². The van der Waals surface area contributed by atoms with Gasteiger partial charge in [0.2, 0.25) is 0 Å². The molecule has 2 N–H and O–H groups in total. The van der Waals surface area contributed by atoms with Crippen LogP contribution >= 0.6 is 0 Å². The van der Waals surface area contributed by atoms with Crippen LogP contribution in [0.5, 0.6) is 0 Å². The molecular weight excluding hydrogens is 257 g/mol. The summed E-state index contributed by atoms with van der Waals surface area (Å²) >= 11 is 0. The maximum Gasteiger partial charge on any atom is 0.123 e. The standard InChI is InChI=1S/C16H26FNO2/c1-11(2)7-13(4)20-10-15(19)9-18-16-6-5-14(17)8-12(16)3/h5-6,8,11,13,15,18-19H,7,9-10H2,1-4H3. The molecule has 2 atom stereocenters. The van der Waals surface area contributed by atoms with Gasteiger partial charge in [0.1, 0.15) is 5.82 Å². The minimum absolute atomic E-state index is 0.150. The number of aliphatic hydroxyl groups is 1. The fourth-order valence-electron chi connectivity index (χ4n) is 2.12. The molecule has 0 fully saturated rings. The molecule has 1 rings (SSSR count). The fraction of sp³-hybridized carbons (Fsp3) is 0.625. The van der Waals surface area contributed by atoms with Crippen LogP contribution in [0, 0.1) is 18.7 Å². The van der Waals surface area contributed by atoms with Crippen molar-refractivity contribution in [3.05, 3.63) is 29.6 Å². The van der Waals surface area contributed by atoms with E-state index in [2.05, 4.69) is 19.2 Å². The van der Waals surface area contributed by atoms with Gasteiger partial charge in [-0.25, -0.2) is 4.39 Å². The van der Waals surface area contributed by atoms with Gasteiger partial charge in [-0.3, -0.25) is 0 Å². The number of rotatable bonds is 8. The normalized spacial score (nSPS) is 14.3. The zero-order valence-electron chi connectivity index (χ0n) is 12.8. The zero-order valence-corrected chi connectivity index (χ0v) is 12.8. The van der Waals surface area contributed by atoms with Crippen molar-refractivity contribution in [1.82, 2.24) is 0 Å². The summed E-state index contributed by atoms with van der Waals surface area (Å²) in [5.74, 6) is 0.335. The van der Waals surface area contributed by atoms with Gasteiger partial charge in [0, 0.05) is 12.2 Å². The molecule has 1 aromatic rings. The second-order valence-corrected chi connectivity index (χ2v) is 5.77. The van der Waals surface area contributed by atoms with Gasteiger partial charge in [-0.15, -0.1) is 0 Å². The first-order valence-corrected chi connectivity index (χ1v) is 7.18. The smallest absolute Gasteiger partial charge is 0.123 e. The summed E-state index contributed by atoms with van der Waals surface area (Å²) in [5, 5.41) is 13.0. The summed E-state index contributed by atoms with van der Waals surface area (Å²) < 4.78 is 18.6. The predicted octanol–water partition coefficient (Wildman–Crippen LogP) is 3.36. The Balaban J connectivity index is 2.30. The molecule has 4 heteroatoms. The largest absolute Gasteiger partial charge is 0.389 e. The SMILES string of the molecule is Cc1cc(F)ccc1NCC(O)COC(C)CC(C)C. The van der Waals surface area contributed by atoms with Gasteiger partial charge in [-0.1, -0.05) is 13.8 Å². The molecular formula is C16H26FNO2. The number of halogens is 1. The van der Waals surface area contributed by atoms with E-state index in [1.165, 1.54) is 12.1 Å². The predicted molar refractivity (Wildman–Crippen MR) is 80.5 cm³/mol. The molecule has 114 valence electrons. The monoisotopic (exact) mass is 283 g/mol. The van der Waals surface area contributed by atoms with Gasteiger partial charge >= 0.3 is 0 Å². The van der Waals surface area contributed by atoms with Crippen LogP contribution in [0.3, 0.4) is 0 Å². The minimum atomic E-state index is -0.575. The van der Waals surface area contributed by atoms with E-state index in [9.17, 15) is 9.50 Å². The Morgan fingerprint density at radius 3 is 2.60 bits per heavy atom. The third-order valence-electron chi connectivity index (χ3n) is 3.09. The molecule has 0 saturated carbocycles. The van der Waals surface area contributed by atoms with Crippen molar-refractivity contribution in [2.45, 2.75) is 46.3 Å². The fourth-order valence-corrected chi connectivity index (χ4v) is 2.12. The first-order chi connectivity index (χ1) is 9.38. The molecule has 1 aromatic carbocycles. The third-order valence-corrected chi connectivity index (χ3v) is 3.09. The summed E-state index contributed by atoms with van der Waals surface area (Å²) in [4.78, 5) is 0. The number of anilines is 1. The Labute approximate surface area is 121 Å². The highest BCUT2D eigenvalue weighted by atomic mass is 19.1. The van der Waals surface area contributed by atoms with E-state index in [0.717, 1.165) is 17.7 Å². The van der Waals surface area contributed by atoms with E-state index in [1.807, 2.05) is 13.8 Å². The topological polar surface area (TPSA) is 41.5 Å². The molecule has 3 nitrogen and oxygen atoms in total. The summed E-state index contributed by atoms with van der Waals surface area (Å²) in [6.45, 7) is 8.84. The molecule has 2 unspecified atom stereocenters. The maximum atomic E-state index is 13.0. The molecule has 0 aliphatic heterocycles. The second kappa shape index (κ2) is 8.22. The molecule has 0 aliphatic rings. The zero-order chi connectivity index (χ0) is 15.1. The molecule has 20 heavy (non-hydrogen) atoms. The highest BCUT2D eigenvalue weighted by Gasteiger charge is 2.10. The lowest BCUT2D eigenvalue weighted by Gasteiger charge is -2.19. The molecule has 0 aliphatic carbocycles. The number of hydrogen-bond donors (Lipinski definition) is 2. The quantitative estimate of drug-likeness (QED) is 0.768. The number of hydrogen-bond acceptors (Lipinski definition) is 3. The van der Waals surface area contributed by atoms with E-state index < -0.39 is 6.10 Å². The lowest BCUT2D eigenvalue weighted by molar-refractivity contribution is -0.00444. The molecule has 0 heterocycles. The molecule has 0 spiro atoms. The lowest BCUT2D eigenvalue weighted by Crippen LogP contribution is -2.27. The van der Waals surface area contributed by atoms with E-state index in [4.69, 9.17) is 4.74 Å². The minimum Gasteiger partial charge on any atom is -0.389 e. The van der Waals surface area contributed by atoms with Gasteiger partial charge in [0.15, 0.2) is 0 Å². The van der Waals surface area contributed by atoms with Crippen molar-refractivity contribution in [1.29, 1.82) is 0 Å². The lowest BCUT2D eigenvalue weighted by atomic mass is 10.1. The first-order valence-electron chi connectivity index (χ1n) is 7.18. The van der Waals surface area contributed by atoms with Gasteiger partial charge in [0.25, 0.3) is 0 Å². The van der Waals surface area contributed by atoms with Crippen LogP contribution in [-0.4, -0.2) is 30.5 Å². The van der Waals surface area contributed by atoms with E-state index >= 15 is 0 Å². The number of benzene rings is 1. The molecule has 0 saturated heterocycles. The van der Waals surface area contributed by atoms with Crippen molar-refractivity contribution in [3.63, 3.8) is 0 Å². The summed E-state index contributed by atoms with van der Waals surface area (Å²) in [6, 6.07) is 4.55. The summed E-state index contributed by atoms with van der Waals surface area (Å²) in [6.07, 6.45) is 0.559. The molecule has 0 bridgehead atoms. The van der Waals surface area contributed by atoms with Crippen LogP contribution in [0.25, 0.3) is 0 Å². The van der Waals surface area contributed by atoms with Crippen molar-refractivity contribution >= 4 is 5.69 Å². The van der Waals surface area contributed by atoms with Crippen molar-refractivity contribution in [2.24, 2.45) is 5.92 Å². The third kappa shape index (κ3) is 6.35. The second-order valence-electron chi connectivity index (χ2n) is 5.77. The van der Waals surface area contributed by atoms with Crippen molar-refractivity contribution in [2.75, 3.05) is 18.5 Å². The number of aliphatic hydroxyl groups excluding tert-OH is 1. The Morgan fingerprint density at radius 1 is 1.30 bits per heavy atom. The van der Waals surface area contributed by atoms with Gasteiger partial charge in [-0.2, -0.15) is 0 Å². The van der Waals surface area contributed by atoms with E-state index in [-0.39, 0.29) is 11.9 Å². The number of aryl methyl sites for hydroxylation is 1. The van der Waals surface area contributed by atoms with Gasteiger partial charge < -0.3 is 15.2 Å². The number of ether oxygens (including phenoxy) is 1. The Kier molecular flexibility index (Phi) is 6.96. The summed E-state index contributed by atoms with van der Waals surface area (Å²) in [7, 11) is 0. The molecule has 0 amide bonds. The van der Waals surface area contributed by atoms with Crippen molar-refractivity contribution in [3.8, 4) is 0 Å². The maximum absolute atomic E-state index is 13.0. The van der Waals surface area contributed by atoms with Crippen LogP contribution in [0.1, 0.15) is 32.8 Å². The van der Waals surface area contributed by atoms with Crippen LogP contribution in [0.4, 0.5) is 10.1 Å². The van der Waals surface area contributed by atoms with Crippen LogP contribution in [0.2, 0.25) is 0 Å². The van der Waals surface area contributed by atoms with Gasteiger partial charge in [0.05, 0.1) is 18.8 Å². The summed E-state index contributed by atoms with van der Waals surface area (Å²) in [5.41, 5.74) is 1.66. The molecule has 0 radical (unpaired) electrons. The highest BCUT2D eigenvalue weighted by Crippen LogP contribution is 2.15. The Hall–Kier alpha value is -1.13. The Bertz CT molecular complexity index is 409. The highest BCUT2D eigenvalue weighted by molar-refractivity contribution is 5.50. The first kappa shape index (κ1) is 16.9. The Morgan fingerprint density at radius 2 is 2.00 bits per heavy atom. The average Bonchev–Trinajstić information content (AvgIpc) is 2.34. The number of nitrogens with one attached hydrogen (secondary N) is 1. The molecule has 0 aromatic heterocycles.